The molecule has 0 bridgehead atoms. The number of aliphatic hydroxyl groups excluding tert-OH is 1. The zero-order valence-electron chi connectivity index (χ0n) is 8.34. The van der Waals surface area contributed by atoms with Crippen molar-refractivity contribution in [2.45, 2.75) is 19.4 Å². The summed E-state index contributed by atoms with van der Waals surface area (Å²) in [6.07, 6.45) is 0. The molecule has 3 nitrogen and oxygen atoms in total. The van der Waals surface area contributed by atoms with Crippen LogP contribution in [0.2, 0.25) is 0 Å². The van der Waals surface area contributed by atoms with Crippen LogP contribution in [-0.2, 0) is 5.54 Å². The van der Waals surface area contributed by atoms with Crippen LogP contribution >= 0.6 is 15.9 Å². The summed E-state index contributed by atoms with van der Waals surface area (Å²) in [6, 6.07) is 3.74. The summed E-state index contributed by atoms with van der Waals surface area (Å²) >= 11 is 3.36. The van der Waals surface area contributed by atoms with E-state index in [9.17, 15) is 0 Å². The Hall–Kier alpha value is -0.580. The average molecular weight is 259 g/mol. The summed E-state index contributed by atoms with van der Waals surface area (Å²) in [5.41, 5.74) is 13.5. The molecule has 14 heavy (non-hydrogen) atoms. The van der Waals surface area contributed by atoms with Gasteiger partial charge in [0.15, 0.2) is 0 Å². The van der Waals surface area contributed by atoms with Gasteiger partial charge in [-0.1, -0.05) is 6.07 Å². The SMILES string of the molecule is Cc1cc(C(C)(N)CO)cc(Br)c1N. The zero-order chi connectivity index (χ0) is 10.9. The second kappa shape index (κ2) is 3.88. The van der Waals surface area contributed by atoms with E-state index in [4.69, 9.17) is 16.6 Å². The van der Waals surface area contributed by atoms with Crippen molar-refractivity contribution >= 4 is 21.6 Å². The molecule has 0 heterocycles. The Kier molecular flexibility index (Phi) is 3.19. The fraction of sp³-hybridized carbons (Fsp3) is 0.400. The third-order valence-corrected chi connectivity index (χ3v) is 2.98. The molecule has 0 fully saturated rings. The van der Waals surface area contributed by atoms with Crippen LogP contribution in [-0.4, -0.2) is 11.7 Å². The maximum Gasteiger partial charge on any atom is 0.0650 e. The van der Waals surface area contributed by atoms with Gasteiger partial charge in [-0.15, -0.1) is 0 Å². The lowest BCUT2D eigenvalue weighted by Gasteiger charge is -2.23. The monoisotopic (exact) mass is 258 g/mol. The van der Waals surface area contributed by atoms with Gasteiger partial charge in [-0.2, -0.15) is 0 Å². The minimum absolute atomic E-state index is 0.0944. The number of hydrogen-bond acceptors (Lipinski definition) is 3. The molecular weight excluding hydrogens is 244 g/mol. The number of hydrogen-bond donors (Lipinski definition) is 3. The van der Waals surface area contributed by atoms with Crippen LogP contribution in [0.15, 0.2) is 16.6 Å². The Morgan fingerprint density at radius 2 is 2.07 bits per heavy atom. The smallest absolute Gasteiger partial charge is 0.0650 e. The Morgan fingerprint density at radius 1 is 1.50 bits per heavy atom. The predicted molar refractivity (Wildman–Crippen MR) is 61.9 cm³/mol. The van der Waals surface area contributed by atoms with Crippen LogP contribution in [0.3, 0.4) is 0 Å². The Labute approximate surface area is 92.2 Å². The quantitative estimate of drug-likeness (QED) is 0.705. The highest BCUT2D eigenvalue weighted by Gasteiger charge is 2.21. The van der Waals surface area contributed by atoms with Crippen molar-refractivity contribution in [3.63, 3.8) is 0 Å². The molecule has 1 rings (SSSR count). The highest BCUT2D eigenvalue weighted by Crippen LogP contribution is 2.29. The lowest BCUT2D eigenvalue weighted by atomic mass is 9.92. The number of nitrogen functional groups attached to an aromatic ring is 1. The summed E-state index contributed by atoms with van der Waals surface area (Å²) in [4.78, 5) is 0. The Balaban J connectivity index is 3.26. The second-order valence-corrected chi connectivity index (χ2v) is 4.62. The molecule has 1 atom stereocenters. The molecule has 0 aliphatic heterocycles. The number of anilines is 1. The number of aryl methyl sites for hydroxylation is 1. The largest absolute Gasteiger partial charge is 0.398 e. The molecule has 4 heteroatoms. The van der Waals surface area contributed by atoms with Crippen LogP contribution in [0, 0.1) is 6.92 Å². The average Bonchev–Trinajstić information content (AvgIpc) is 2.13. The molecular formula is C10H15BrN2O. The summed E-state index contributed by atoms with van der Waals surface area (Å²) in [5, 5.41) is 9.13. The predicted octanol–water partition coefficient (Wildman–Crippen LogP) is 1.51. The first-order valence-corrected chi connectivity index (χ1v) is 5.13. The first-order chi connectivity index (χ1) is 6.38. The van der Waals surface area contributed by atoms with E-state index >= 15 is 0 Å². The number of rotatable bonds is 2. The maximum absolute atomic E-state index is 9.13. The van der Waals surface area contributed by atoms with E-state index in [2.05, 4.69) is 15.9 Å². The van der Waals surface area contributed by atoms with Crippen LogP contribution in [0.5, 0.6) is 0 Å². The van der Waals surface area contributed by atoms with Gasteiger partial charge in [0.05, 0.1) is 12.1 Å². The van der Waals surface area contributed by atoms with Crippen molar-refractivity contribution in [1.29, 1.82) is 0 Å². The summed E-state index contributed by atoms with van der Waals surface area (Å²) < 4.78 is 0.817. The normalized spacial score (nSPS) is 15.2. The van der Waals surface area contributed by atoms with Gasteiger partial charge in [0.1, 0.15) is 0 Å². The third kappa shape index (κ3) is 2.08. The molecule has 78 valence electrons. The molecule has 1 aromatic carbocycles. The summed E-state index contributed by atoms with van der Waals surface area (Å²) in [6.45, 7) is 3.60. The van der Waals surface area contributed by atoms with Crippen molar-refractivity contribution in [2.24, 2.45) is 5.73 Å². The van der Waals surface area contributed by atoms with Crippen LogP contribution in [0.25, 0.3) is 0 Å². The maximum atomic E-state index is 9.13. The molecule has 0 spiro atoms. The summed E-state index contributed by atoms with van der Waals surface area (Å²) in [7, 11) is 0. The van der Waals surface area contributed by atoms with Gasteiger partial charge in [-0.05, 0) is 47.0 Å². The minimum Gasteiger partial charge on any atom is -0.398 e. The molecule has 1 aromatic rings. The van der Waals surface area contributed by atoms with Crippen molar-refractivity contribution in [2.75, 3.05) is 12.3 Å². The van der Waals surface area contributed by atoms with E-state index in [1.807, 2.05) is 19.1 Å². The molecule has 0 aliphatic carbocycles. The van der Waals surface area contributed by atoms with E-state index in [1.54, 1.807) is 6.92 Å². The number of aliphatic hydroxyl groups is 1. The molecule has 0 saturated heterocycles. The minimum atomic E-state index is -0.721. The van der Waals surface area contributed by atoms with E-state index in [0.29, 0.717) is 5.69 Å². The van der Waals surface area contributed by atoms with Gasteiger partial charge in [0, 0.05) is 10.2 Å². The summed E-state index contributed by atoms with van der Waals surface area (Å²) in [5.74, 6) is 0. The van der Waals surface area contributed by atoms with Crippen molar-refractivity contribution in [1.82, 2.24) is 0 Å². The van der Waals surface area contributed by atoms with Crippen molar-refractivity contribution < 1.29 is 5.11 Å². The van der Waals surface area contributed by atoms with Crippen LogP contribution < -0.4 is 11.5 Å². The molecule has 1 unspecified atom stereocenters. The Morgan fingerprint density at radius 3 is 2.50 bits per heavy atom. The third-order valence-electron chi connectivity index (χ3n) is 2.32. The van der Waals surface area contributed by atoms with Crippen molar-refractivity contribution in [3.8, 4) is 0 Å². The molecule has 0 aromatic heterocycles. The lowest BCUT2D eigenvalue weighted by Crippen LogP contribution is -2.37. The van der Waals surface area contributed by atoms with Crippen LogP contribution in [0.1, 0.15) is 18.1 Å². The molecule has 0 radical (unpaired) electrons. The molecule has 5 N–H and O–H groups in total. The lowest BCUT2D eigenvalue weighted by molar-refractivity contribution is 0.210. The highest BCUT2D eigenvalue weighted by molar-refractivity contribution is 9.10. The standard InChI is InChI=1S/C10H15BrN2O/c1-6-3-7(10(2,13)5-14)4-8(11)9(6)12/h3-4,14H,5,12-13H2,1-2H3. The van der Waals surface area contributed by atoms with Crippen LogP contribution in [0.4, 0.5) is 5.69 Å². The van der Waals surface area contributed by atoms with E-state index < -0.39 is 5.54 Å². The fourth-order valence-electron chi connectivity index (χ4n) is 1.18. The van der Waals surface area contributed by atoms with Crippen molar-refractivity contribution in [3.05, 3.63) is 27.7 Å². The topological polar surface area (TPSA) is 72.3 Å². The van der Waals surface area contributed by atoms with Gasteiger partial charge in [-0.3, -0.25) is 0 Å². The molecule has 0 amide bonds. The van der Waals surface area contributed by atoms with Gasteiger partial charge in [0.2, 0.25) is 0 Å². The zero-order valence-corrected chi connectivity index (χ0v) is 9.93. The Bertz CT molecular complexity index is 327. The van der Waals surface area contributed by atoms with Gasteiger partial charge in [0.25, 0.3) is 0 Å². The number of halogens is 1. The number of benzene rings is 1. The highest BCUT2D eigenvalue weighted by atomic mass is 79.9. The van der Waals surface area contributed by atoms with Gasteiger partial charge < -0.3 is 16.6 Å². The molecule has 0 aliphatic rings. The fourth-order valence-corrected chi connectivity index (χ4v) is 1.74. The van der Waals surface area contributed by atoms with Gasteiger partial charge in [-0.25, -0.2) is 0 Å². The van der Waals surface area contributed by atoms with E-state index in [0.717, 1.165) is 15.6 Å². The number of nitrogens with two attached hydrogens (primary N) is 2. The molecule has 0 saturated carbocycles. The second-order valence-electron chi connectivity index (χ2n) is 3.76. The van der Waals surface area contributed by atoms with E-state index in [1.165, 1.54) is 0 Å². The van der Waals surface area contributed by atoms with Gasteiger partial charge >= 0.3 is 0 Å². The first-order valence-electron chi connectivity index (χ1n) is 4.34. The first kappa shape index (κ1) is 11.5. The van der Waals surface area contributed by atoms with E-state index in [-0.39, 0.29) is 6.61 Å².